The minimum Gasteiger partial charge on any atom is -0.369 e. The summed E-state index contributed by atoms with van der Waals surface area (Å²) in [6.45, 7) is 1.46. The molecule has 9 N–H and O–H groups in total. The second-order valence-corrected chi connectivity index (χ2v) is 10.5. The van der Waals surface area contributed by atoms with E-state index in [1.807, 2.05) is 0 Å². The van der Waals surface area contributed by atoms with Crippen molar-refractivity contribution in [3.8, 4) is 22.5 Å². The van der Waals surface area contributed by atoms with Crippen molar-refractivity contribution >= 4 is 37.0 Å². The lowest BCUT2D eigenvalue weighted by Gasteiger charge is -2.17. The molecular formula is C17H20N10O4S2. The quantitative estimate of drug-likeness (QED) is 0.189. The fourth-order valence-corrected chi connectivity index (χ4v) is 6.10. The number of nitrogens with one attached hydrogen (secondary N) is 3. The summed E-state index contributed by atoms with van der Waals surface area (Å²) < 4.78 is 53.8. The lowest BCUT2D eigenvalue weighted by molar-refractivity contribution is 0.567. The number of anilines is 1. The molecule has 2 heterocycles. The van der Waals surface area contributed by atoms with Crippen LogP contribution in [0.1, 0.15) is 6.92 Å². The van der Waals surface area contributed by atoms with Gasteiger partial charge in [0.2, 0.25) is 25.9 Å². The number of nitrogen functional groups attached to an aromatic ring is 1. The second-order valence-electron chi connectivity index (χ2n) is 7.25. The Balaban J connectivity index is 2.10. The molecule has 33 heavy (non-hydrogen) atoms. The first-order valence-corrected chi connectivity index (χ1v) is 12.5. The van der Waals surface area contributed by atoms with E-state index in [0.717, 1.165) is 6.07 Å². The molecule has 0 saturated heterocycles. The molecule has 2 aromatic carbocycles. The first-order chi connectivity index (χ1) is 15.5. The van der Waals surface area contributed by atoms with Crippen LogP contribution in [0.2, 0.25) is 0 Å². The molecule has 4 aromatic rings. The highest BCUT2D eigenvalue weighted by Gasteiger charge is 2.32. The Morgan fingerprint density at radius 2 is 1.88 bits per heavy atom. The molecule has 4 rings (SSSR count). The van der Waals surface area contributed by atoms with Gasteiger partial charge in [0, 0.05) is 18.2 Å². The predicted octanol–water partition coefficient (Wildman–Crippen LogP) is -0.735. The molecule has 16 heteroatoms. The molecule has 0 amide bonds. The molecule has 0 saturated carbocycles. The van der Waals surface area contributed by atoms with Crippen molar-refractivity contribution < 1.29 is 16.8 Å². The monoisotopic (exact) mass is 492 g/mol. The zero-order chi connectivity index (χ0) is 24.0. The highest BCUT2D eigenvalue weighted by Crippen LogP contribution is 2.40. The van der Waals surface area contributed by atoms with Crippen LogP contribution < -0.4 is 21.3 Å². The van der Waals surface area contributed by atoms with E-state index >= 15 is 0 Å². The maximum Gasteiger partial charge on any atom is 0.241 e. The molecule has 0 spiro atoms. The number of primary sulfonamides is 1. The van der Waals surface area contributed by atoms with Gasteiger partial charge in [0.05, 0.1) is 16.6 Å². The summed E-state index contributed by atoms with van der Waals surface area (Å²) in [4.78, 5) is 5.87. The molecule has 0 radical (unpaired) electrons. The number of imidazole rings is 1. The maximum absolute atomic E-state index is 13.0. The Bertz CT molecular complexity index is 1540. The number of nitrogens with two attached hydrogens (primary N) is 3. The number of benzene rings is 2. The Labute approximate surface area is 188 Å². The highest BCUT2D eigenvalue weighted by molar-refractivity contribution is 7.92. The number of para-hydroxylation sites is 1. The van der Waals surface area contributed by atoms with Crippen molar-refractivity contribution in [2.24, 2.45) is 10.9 Å². The van der Waals surface area contributed by atoms with E-state index in [-0.39, 0.29) is 29.4 Å². The van der Waals surface area contributed by atoms with E-state index in [0.29, 0.717) is 16.6 Å². The van der Waals surface area contributed by atoms with Crippen LogP contribution in [-0.4, -0.2) is 60.0 Å². The zero-order valence-electron chi connectivity index (χ0n) is 17.1. The van der Waals surface area contributed by atoms with Gasteiger partial charge in [-0.05, 0) is 29.8 Å². The van der Waals surface area contributed by atoms with Crippen LogP contribution in [0.3, 0.4) is 0 Å². The van der Waals surface area contributed by atoms with Gasteiger partial charge in [-0.25, -0.2) is 31.7 Å². The number of tetrazole rings is 1. The fraction of sp³-hybridized carbons (Fsp3) is 0.176. The van der Waals surface area contributed by atoms with E-state index < -0.39 is 35.9 Å². The normalized spacial score (nSPS) is 13.4. The van der Waals surface area contributed by atoms with Gasteiger partial charge in [-0.1, -0.05) is 18.2 Å². The molecule has 0 bridgehead atoms. The molecular weight excluding hydrogens is 472 g/mol. The van der Waals surface area contributed by atoms with Crippen molar-refractivity contribution in [1.29, 1.82) is 0 Å². The van der Waals surface area contributed by atoms with E-state index in [9.17, 15) is 16.8 Å². The number of nitrogens with zero attached hydrogens (tertiary/aromatic N) is 4. The van der Waals surface area contributed by atoms with Crippen LogP contribution >= 0.6 is 0 Å². The van der Waals surface area contributed by atoms with E-state index in [4.69, 9.17) is 16.6 Å². The van der Waals surface area contributed by atoms with Crippen LogP contribution in [0.5, 0.6) is 0 Å². The number of aromatic nitrogens is 6. The van der Waals surface area contributed by atoms with Gasteiger partial charge in [-0.15, -0.1) is 10.2 Å². The van der Waals surface area contributed by atoms with Gasteiger partial charge in [0.1, 0.15) is 9.79 Å². The van der Waals surface area contributed by atoms with Crippen LogP contribution in [0.15, 0.2) is 40.1 Å². The van der Waals surface area contributed by atoms with Crippen LogP contribution in [0.4, 0.5) is 5.95 Å². The number of rotatable bonds is 7. The largest absolute Gasteiger partial charge is 0.369 e. The van der Waals surface area contributed by atoms with Crippen molar-refractivity contribution in [2.45, 2.75) is 22.8 Å². The number of hydrogen-bond donors (Lipinski definition) is 6. The maximum atomic E-state index is 13.0. The van der Waals surface area contributed by atoms with E-state index in [1.54, 1.807) is 25.1 Å². The predicted molar refractivity (Wildman–Crippen MR) is 119 cm³/mol. The topological polar surface area (TPSA) is 242 Å². The molecule has 1 atom stereocenters. The summed E-state index contributed by atoms with van der Waals surface area (Å²) in [7, 11) is -8.95. The lowest BCUT2D eigenvalue weighted by Crippen LogP contribution is -2.36. The Hall–Kier alpha value is -3.44. The third-order valence-corrected chi connectivity index (χ3v) is 7.27. The average molecular weight is 493 g/mol. The van der Waals surface area contributed by atoms with E-state index in [1.165, 1.54) is 6.07 Å². The number of aromatic amines is 2. The fourth-order valence-electron chi connectivity index (χ4n) is 3.36. The molecule has 174 valence electrons. The number of sulfonamides is 2. The standard InChI is InChI=1S/C17H20N10O4S2/c1-8(18)7-21-33(30,31)12-6-5-9(10-3-2-4-11-14(10)23-17(19)22-11)13(15(12)32(20,28)29)16-24-26-27-25-16/h2-6,8,21H,7,18H2,1H3,(H3,19,22,23)(H2,20,28,29)(H,24,25,26,27)/t8-/m0/s1. The number of H-pyrrole nitrogens is 2. The smallest absolute Gasteiger partial charge is 0.241 e. The van der Waals surface area contributed by atoms with Gasteiger partial charge < -0.3 is 16.5 Å². The molecule has 0 aliphatic rings. The minimum atomic E-state index is -4.62. The van der Waals surface area contributed by atoms with Gasteiger partial charge in [0.15, 0.2) is 5.95 Å². The molecule has 0 aliphatic carbocycles. The Morgan fingerprint density at radius 3 is 2.52 bits per heavy atom. The molecule has 2 aromatic heterocycles. The van der Waals surface area contributed by atoms with Gasteiger partial charge in [-0.3, -0.25) is 0 Å². The first kappa shape index (κ1) is 22.7. The summed E-state index contributed by atoms with van der Waals surface area (Å²) in [6, 6.07) is 7.12. The highest BCUT2D eigenvalue weighted by atomic mass is 32.2. The van der Waals surface area contributed by atoms with Crippen molar-refractivity contribution in [3.05, 3.63) is 30.3 Å². The first-order valence-electron chi connectivity index (χ1n) is 9.42. The van der Waals surface area contributed by atoms with Crippen LogP contribution in [0.25, 0.3) is 33.5 Å². The number of hydrogen-bond acceptors (Lipinski definition) is 10. The number of fused-ring (bicyclic) bond motifs is 1. The van der Waals surface area contributed by atoms with Crippen molar-refractivity contribution in [1.82, 2.24) is 35.3 Å². The van der Waals surface area contributed by atoms with Crippen molar-refractivity contribution in [3.63, 3.8) is 0 Å². The van der Waals surface area contributed by atoms with Crippen LogP contribution in [0, 0.1) is 0 Å². The van der Waals surface area contributed by atoms with Crippen molar-refractivity contribution in [2.75, 3.05) is 12.3 Å². The van der Waals surface area contributed by atoms with Crippen LogP contribution in [-0.2, 0) is 20.0 Å². The van der Waals surface area contributed by atoms with E-state index in [2.05, 4.69) is 35.3 Å². The Kier molecular flexibility index (Phi) is 5.62. The summed E-state index contributed by atoms with van der Waals surface area (Å²) in [5.74, 6) is -0.0386. The molecule has 0 unspecified atom stereocenters. The van der Waals surface area contributed by atoms with Gasteiger partial charge >= 0.3 is 0 Å². The lowest BCUT2D eigenvalue weighted by atomic mass is 9.98. The SMILES string of the molecule is C[C@H](N)CNS(=O)(=O)c1ccc(-c2cccc3[nH]c(N)nc23)c(-c2nn[nH]n2)c1S(N)(=O)=O. The summed E-state index contributed by atoms with van der Waals surface area (Å²) in [5, 5.41) is 19.0. The van der Waals surface area contributed by atoms with Gasteiger partial charge in [-0.2, -0.15) is 5.21 Å². The second kappa shape index (κ2) is 8.16. The minimum absolute atomic E-state index is 0.127. The summed E-state index contributed by atoms with van der Waals surface area (Å²) >= 11 is 0. The molecule has 0 aliphatic heterocycles. The third kappa shape index (κ3) is 4.29. The third-order valence-electron chi connectivity index (χ3n) is 4.68. The molecule has 14 nitrogen and oxygen atoms in total. The summed E-state index contributed by atoms with van der Waals surface area (Å²) in [5.41, 5.74) is 13.0. The average Bonchev–Trinajstić information content (AvgIpc) is 3.39. The van der Waals surface area contributed by atoms with Gasteiger partial charge in [0.25, 0.3) is 0 Å². The zero-order valence-corrected chi connectivity index (χ0v) is 18.8. The summed E-state index contributed by atoms with van der Waals surface area (Å²) in [6.07, 6.45) is 0. The molecule has 0 fully saturated rings. The Morgan fingerprint density at radius 1 is 1.12 bits per heavy atom.